The molecule has 0 bridgehead atoms. The van der Waals surface area contributed by atoms with E-state index in [2.05, 4.69) is 38.0 Å². The van der Waals surface area contributed by atoms with E-state index in [4.69, 9.17) is 4.74 Å². The van der Waals surface area contributed by atoms with Crippen molar-refractivity contribution in [3.8, 4) is 0 Å². The number of hydrogen-bond donors (Lipinski definition) is 3. The molecule has 1 unspecified atom stereocenters. The third-order valence-corrected chi connectivity index (χ3v) is 5.76. The minimum absolute atomic E-state index is 0. The number of morpholine rings is 1. The molecule has 0 amide bonds. The summed E-state index contributed by atoms with van der Waals surface area (Å²) >= 11 is 1.76. The maximum atomic E-state index is 13.5. The molecule has 29 heavy (non-hydrogen) atoms. The van der Waals surface area contributed by atoms with Crippen molar-refractivity contribution in [2.45, 2.75) is 19.2 Å². The third-order valence-electron chi connectivity index (χ3n) is 4.78. The fourth-order valence-corrected chi connectivity index (χ4v) is 4.10. The number of nitrogens with one attached hydrogen (secondary N) is 2. The number of guanidine groups is 1. The molecule has 3 N–H and O–H groups in total. The van der Waals surface area contributed by atoms with Crippen LogP contribution in [0.15, 0.2) is 40.7 Å². The van der Waals surface area contributed by atoms with Gasteiger partial charge in [-0.1, -0.05) is 12.1 Å². The van der Waals surface area contributed by atoms with Crippen molar-refractivity contribution in [3.63, 3.8) is 0 Å². The van der Waals surface area contributed by atoms with Gasteiger partial charge in [0.15, 0.2) is 5.96 Å². The van der Waals surface area contributed by atoms with Crippen LogP contribution in [0.1, 0.15) is 22.0 Å². The third kappa shape index (κ3) is 6.88. The van der Waals surface area contributed by atoms with Crippen molar-refractivity contribution < 1.29 is 14.2 Å². The Morgan fingerprint density at radius 2 is 2.10 bits per heavy atom. The smallest absolute Gasteiger partial charge is 0.191 e. The molecule has 1 aromatic heterocycles. The molecule has 160 valence electrons. The minimum atomic E-state index is -0.391. The van der Waals surface area contributed by atoms with Crippen LogP contribution in [0.4, 0.5) is 4.39 Å². The van der Waals surface area contributed by atoms with E-state index in [1.165, 1.54) is 10.9 Å². The summed E-state index contributed by atoms with van der Waals surface area (Å²) in [7, 11) is 1.73. The van der Waals surface area contributed by atoms with Crippen molar-refractivity contribution in [1.82, 2.24) is 15.5 Å². The van der Waals surface area contributed by atoms with Crippen molar-refractivity contribution in [2.75, 3.05) is 39.9 Å². The molecule has 1 aromatic carbocycles. The highest BCUT2D eigenvalue weighted by molar-refractivity contribution is 14.0. The van der Waals surface area contributed by atoms with Crippen LogP contribution in [0, 0.1) is 5.82 Å². The second-order valence-corrected chi connectivity index (χ2v) is 7.55. The Balaban J connectivity index is 0.00000300. The van der Waals surface area contributed by atoms with Gasteiger partial charge in [-0.3, -0.25) is 9.89 Å². The number of aliphatic hydroxyl groups excluding tert-OH is 1. The van der Waals surface area contributed by atoms with Crippen molar-refractivity contribution in [3.05, 3.63) is 57.5 Å². The van der Waals surface area contributed by atoms with E-state index in [1.54, 1.807) is 30.5 Å². The second-order valence-electron chi connectivity index (χ2n) is 6.57. The van der Waals surface area contributed by atoms with Crippen LogP contribution < -0.4 is 10.6 Å². The Bertz CT molecular complexity index is 770. The topological polar surface area (TPSA) is 69.1 Å². The Morgan fingerprint density at radius 3 is 2.76 bits per heavy atom. The van der Waals surface area contributed by atoms with Crippen LogP contribution in [0.5, 0.6) is 0 Å². The first-order valence-electron chi connectivity index (χ1n) is 9.39. The number of rotatable bonds is 7. The zero-order chi connectivity index (χ0) is 19.8. The van der Waals surface area contributed by atoms with E-state index in [0.717, 1.165) is 38.4 Å². The first-order valence-corrected chi connectivity index (χ1v) is 10.3. The van der Waals surface area contributed by atoms with Gasteiger partial charge in [-0.05, 0) is 29.1 Å². The number of benzene rings is 1. The molecule has 3 rings (SSSR count). The SMILES string of the molecule is CN=C(NCc1ccc(F)c(CO)c1)NCC(c1cccs1)N1CCOCC1.I. The summed E-state index contributed by atoms with van der Waals surface area (Å²) in [5, 5.41) is 18.0. The van der Waals surface area contributed by atoms with E-state index in [9.17, 15) is 9.50 Å². The first kappa shape index (κ1) is 24.0. The lowest BCUT2D eigenvalue weighted by Gasteiger charge is -2.34. The number of thiophene rings is 1. The molecule has 9 heteroatoms. The molecule has 1 aliphatic rings. The van der Waals surface area contributed by atoms with E-state index < -0.39 is 5.82 Å². The van der Waals surface area contributed by atoms with Gasteiger partial charge < -0.3 is 20.5 Å². The largest absolute Gasteiger partial charge is 0.392 e. The fraction of sp³-hybridized carbons (Fsp3) is 0.450. The van der Waals surface area contributed by atoms with Gasteiger partial charge in [0.25, 0.3) is 0 Å². The molecule has 0 spiro atoms. The molecule has 1 aliphatic heterocycles. The lowest BCUT2D eigenvalue weighted by atomic mass is 10.1. The molecule has 1 fully saturated rings. The van der Waals surface area contributed by atoms with Crippen molar-refractivity contribution in [2.24, 2.45) is 4.99 Å². The Hall–Kier alpha value is -1.27. The number of aliphatic hydroxyl groups is 1. The average Bonchev–Trinajstić information content (AvgIpc) is 3.26. The number of ether oxygens (including phenoxy) is 1. The van der Waals surface area contributed by atoms with Crippen molar-refractivity contribution in [1.29, 1.82) is 0 Å². The Morgan fingerprint density at radius 1 is 1.31 bits per heavy atom. The molecule has 0 saturated carbocycles. The lowest BCUT2D eigenvalue weighted by Crippen LogP contribution is -2.46. The zero-order valence-electron chi connectivity index (χ0n) is 16.4. The second kappa shape index (κ2) is 12.4. The molecule has 0 radical (unpaired) electrons. The maximum absolute atomic E-state index is 13.5. The van der Waals surface area contributed by atoms with Gasteiger partial charge in [0.2, 0.25) is 0 Å². The molecule has 2 heterocycles. The highest BCUT2D eigenvalue weighted by Gasteiger charge is 2.23. The number of nitrogens with zero attached hydrogens (tertiary/aromatic N) is 2. The molecule has 1 atom stereocenters. The van der Waals surface area contributed by atoms with Gasteiger partial charge in [-0.2, -0.15) is 0 Å². The molecule has 0 aliphatic carbocycles. The lowest BCUT2D eigenvalue weighted by molar-refractivity contribution is 0.0177. The van der Waals surface area contributed by atoms with Gasteiger partial charge in [-0.15, -0.1) is 35.3 Å². The fourth-order valence-electron chi connectivity index (χ4n) is 3.24. The standard InChI is InChI=1S/C20H27FN4O2S.HI/c1-22-20(23-12-15-4-5-17(21)16(11-15)14-26)24-13-18(19-3-2-10-28-19)25-6-8-27-9-7-25;/h2-5,10-11,18,26H,6-9,12-14H2,1H3,(H2,22,23,24);1H. The number of hydrogen-bond acceptors (Lipinski definition) is 5. The monoisotopic (exact) mass is 534 g/mol. The van der Waals surface area contributed by atoms with E-state index in [0.29, 0.717) is 18.1 Å². The van der Waals surface area contributed by atoms with Gasteiger partial charge in [0.1, 0.15) is 5.82 Å². The molecule has 6 nitrogen and oxygen atoms in total. The highest BCUT2D eigenvalue weighted by Crippen LogP contribution is 2.25. The van der Waals surface area contributed by atoms with E-state index in [-0.39, 0.29) is 36.6 Å². The van der Waals surface area contributed by atoms with Crippen LogP contribution in [-0.4, -0.2) is 55.9 Å². The highest BCUT2D eigenvalue weighted by atomic mass is 127. The summed E-state index contributed by atoms with van der Waals surface area (Å²) in [5.41, 5.74) is 1.18. The predicted octanol–water partition coefficient (Wildman–Crippen LogP) is 2.74. The van der Waals surface area contributed by atoms with Gasteiger partial charge >= 0.3 is 0 Å². The number of halogens is 2. The minimum Gasteiger partial charge on any atom is -0.392 e. The molecular formula is C20H28FIN4O2S. The quantitative estimate of drug-likeness (QED) is 0.290. The van der Waals surface area contributed by atoms with Gasteiger partial charge in [-0.25, -0.2) is 4.39 Å². The summed E-state index contributed by atoms with van der Waals surface area (Å²) in [4.78, 5) is 8.04. The summed E-state index contributed by atoms with van der Waals surface area (Å²) in [5.74, 6) is 0.294. The average molecular weight is 534 g/mol. The van der Waals surface area contributed by atoms with Crippen LogP contribution in [-0.2, 0) is 17.9 Å². The summed E-state index contributed by atoms with van der Waals surface area (Å²) < 4.78 is 19.0. The van der Waals surface area contributed by atoms with Crippen molar-refractivity contribution >= 4 is 41.3 Å². The summed E-state index contributed by atoms with van der Waals surface area (Å²) in [6.45, 7) is 4.25. The normalized spacial score (nSPS) is 16.2. The van der Waals surface area contributed by atoms with Crippen LogP contribution in [0.2, 0.25) is 0 Å². The van der Waals surface area contributed by atoms with Gasteiger partial charge in [0, 0.05) is 43.7 Å². The molecule has 1 saturated heterocycles. The first-order chi connectivity index (χ1) is 13.7. The number of aliphatic imine (C=N–C) groups is 1. The molecular weight excluding hydrogens is 506 g/mol. The molecule has 2 aromatic rings. The summed E-state index contributed by atoms with van der Waals surface area (Å²) in [6, 6.07) is 9.25. The van der Waals surface area contributed by atoms with Crippen LogP contribution in [0.3, 0.4) is 0 Å². The van der Waals surface area contributed by atoms with E-state index in [1.807, 2.05) is 0 Å². The zero-order valence-corrected chi connectivity index (χ0v) is 19.6. The Kier molecular flexibility index (Phi) is 10.3. The maximum Gasteiger partial charge on any atom is 0.191 e. The van der Waals surface area contributed by atoms with Crippen LogP contribution in [0.25, 0.3) is 0 Å². The van der Waals surface area contributed by atoms with Crippen LogP contribution >= 0.6 is 35.3 Å². The van der Waals surface area contributed by atoms with Gasteiger partial charge in [0.05, 0.1) is 25.9 Å². The van der Waals surface area contributed by atoms with E-state index >= 15 is 0 Å². The Labute approximate surface area is 192 Å². The summed E-state index contributed by atoms with van der Waals surface area (Å²) in [6.07, 6.45) is 0. The predicted molar refractivity (Wildman–Crippen MR) is 125 cm³/mol.